The lowest BCUT2D eigenvalue weighted by Gasteiger charge is -2.04. The van der Waals surface area contributed by atoms with Gasteiger partial charge >= 0.3 is 5.97 Å². The number of aliphatic carboxylic acids is 1. The number of carboxylic acid groups (broad SMARTS) is 1. The number of nitrogens with one attached hydrogen (secondary N) is 1. The molecular formula is C15H19N3O3. The van der Waals surface area contributed by atoms with Gasteiger partial charge in [0.2, 0.25) is 0 Å². The number of H-pyrrole nitrogens is 1. The normalized spacial score (nSPS) is 13.0. The van der Waals surface area contributed by atoms with E-state index in [1.165, 1.54) is 0 Å². The van der Waals surface area contributed by atoms with Gasteiger partial charge in [0.25, 0.3) is 0 Å². The molecule has 1 aromatic heterocycles. The van der Waals surface area contributed by atoms with Crippen molar-refractivity contribution in [2.45, 2.75) is 25.3 Å². The van der Waals surface area contributed by atoms with E-state index in [9.17, 15) is 9.90 Å². The van der Waals surface area contributed by atoms with Crippen molar-refractivity contribution >= 4 is 23.1 Å². The average molecular weight is 289 g/mol. The van der Waals surface area contributed by atoms with Crippen molar-refractivity contribution in [3.05, 3.63) is 29.8 Å². The molecule has 0 aliphatic heterocycles. The summed E-state index contributed by atoms with van der Waals surface area (Å²) >= 11 is 0. The molecule has 21 heavy (non-hydrogen) atoms. The van der Waals surface area contributed by atoms with Crippen LogP contribution < -0.4 is 5.73 Å². The third-order valence-electron chi connectivity index (χ3n) is 3.32. The quantitative estimate of drug-likeness (QED) is 0.460. The molecule has 6 nitrogen and oxygen atoms in total. The van der Waals surface area contributed by atoms with Crippen LogP contribution in [-0.4, -0.2) is 40.0 Å². The fraction of sp³-hybridized carbons (Fsp3) is 0.333. The van der Waals surface area contributed by atoms with Crippen LogP contribution in [-0.2, 0) is 4.79 Å². The summed E-state index contributed by atoms with van der Waals surface area (Å²) in [5.41, 5.74) is 6.95. The second-order valence-corrected chi connectivity index (χ2v) is 4.91. The first-order valence-corrected chi connectivity index (χ1v) is 6.87. The molecule has 0 spiro atoms. The molecule has 0 radical (unpaired) electrons. The number of aliphatic imine (C=N–C) groups is 1. The van der Waals surface area contributed by atoms with Crippen LogP contribution in [0.15, 0.2) is 29.3 Å². The summed E-state index contributed by atoms with van der Waals surface area (Å²) in [5, 5.41) is 19.4. The van der Waals surface area contributed by atoms with Gasteiger partial charge in [0, 0.05) is 23.7 Å². The third-order valence-corrected chi connectivity index (χ3v) is 3.32. The number of nitrogens with zero attached hydrogens (tertiary/aromatic N) is 1. The lowest BCUT2D eigenvalue weighted by atomic mass is 10.1. The number of rotatable bonds is 7. The first-order valence-electron chi connectivity index (χ1n) is 6.87. The number of nitrogens with two attached hydrogens (primary N) is 1. The number of carboxylic acids is 1. The van der Waals surface area contributed by atoms with E-state index in [2.05, 4.69) is 9.98 Å². The Morgan fingerprint density at radius 3 is 2.90 bits per heavy atom. The Morgan fingerprint density at radius 1 is 1.38 bits per heavy atom. The first-order chi connectivity index (χ1) is 10.1. The maximum atomic E-state index is 10.6. The predicted octanol–water partition coefficient (Wildman–Crippen LogP) is 1.87. The van der Waals surface area contributed by atoms with Crippen molar-refractivity contribution in [1.82, 2.24) is 4.98 Å². The molecular weight excluding hydrogens is 270 g/mol. The molecule has 0 unspecified atom stereocenters. The molecule has 0 aliphatic rings. The van der Waals surface area contributed by atoms with E-state index < -0.39 is 12.0 Å². The highest BCUT2D eigenvalue weighted by Crippen LogP contribution is 2.25. The summed E-state index contributed by atoms with van der Waals surface area (Å²) in [5.74, 6) is -0.866. The number of aromatic amines is 1. The van der Waals surface area contributed by atoms with Gasteiger partial charge in [-0.25, -0.2) is 0 Å². The molecule has 0 saturated carbocycles. The molecule has 6 heteroatoms. The van der Waals surface area contributed by atoms with E-state index in [0.717, 1.165) is 17.3 Å². The van der Waals surface area contributed by atoms with Gasteiger partial charge in [-0.3, -0.25) is 9.79 Å². The van der Waals surface area contributed by atoms with Crippen molar-refractivity contribution in [2.24, 2.45) is 10.7 Å². The second kappa shape index (κ2) is 6.90. The van der Waals surface area contributed by atoms with Gasteiger partial charge in [-0.15, -0.1) is 0 Å². The number of aromatic hydroxyl groups is 1. The number of aromatic nitrogens is 1. The summed E-state index contributed by atoms with van der Waals surface area (Å²) in [6.07, 6.45) is 3.57. The van der Waals surface area contributed by atoms with E-state index in [4.69, 9.17) is 10.8 Å². The van der Waals surface area contributed by atoms with E-state index in [1.54, 1.807) is 6.21 Å². The SMILES string of the molecule is N[C@@H](CCCCN=Cc1c(O)[nH]c2ccccc12)C(=O)O. The molecule has 0 aliphatic carbocycles. The van der Waals surface area contributed by atoms with Crippen LogP contribution in [0.1, 0.15) is 24.8 Å². The smallest absolute Gasteiger partial charge is 0.320 e. The lowest BCUT2D eigenvalue weighted by Crippen LogP contribution is -2.29. The highest BCUT2D eigenvalue weighted by Gasteiger charge is 2.10. The second-order valence-electron chi connectivity index (χ2n) is 4.91. The van der Waals surface area contributed by atoms with Gasteiger partial charge in [-0.05, 0) is 25.3 Å². The van der Waals surface area contributed by atoms with E-state index in [0.29, 0.717) is 24.9 Å². The van der Waals surface area contributed by atoms with Crippen LogP contribution in [0.4, 0.5) is 0 Å². The van der Waals surface area contributed by atoms with E-state index in [1.807, 2.05) is 24.3 Å². The van der Waals surface area contributed by atoms with Gasteiger partial charge in [0.15, 0.2) is 5.88 Å². The Labute approximate surface area is 122 Å². The number of fused-ring (bicyclic) bond motifs is 1. The molecule has 1 heterocycles. The number of hydrogen-bond acceptors (Lipinski definition) is 4. The summed E-state index contributed by atoms with van der Waals surface area (Å²) < 4.78 is 0. The monoisotopic (exact) mass is 289 g/mol. The van der Waals surface area contributed by atoms with Crippen molar-refractivity contribution in [1.29, 1.82) is 0 Å². The maximum Gasteiger partial charge on any atom is 0.320 e. The highest BCUT2D eigenvalue weighted by atomic mass is 16.4. The van der Waals surface area contributed by atoms with Crippen molar-refractivity contribution in [3.8, 4) is 5.88 Å². The summed E-state index contributed by atoms with van der Waals surface area (Å²) in [4.78, 5) is 17.7. The lowest BCUT2D eigenvalue weighted by molar-refractivity contribution is -0.138. The Hall–Kier alpha value is -2.34. The van der Waals surface area contributed by atoms with Crippen molar-refractivity contribution < 1.29 is 15.0 Å². The fourth-order valence-electron chi connectivity index (χ4n) is 2.13. The van der Waals surface area contributed by atoms with Crippen LogP contribution in [0.3, 0.4) is 0 Å². The van der Waals surface area contributed by atoms with Crippen molar-refractivity contribution in [3.63, 3.8) is 0 Å². The topological polar surface area (TPSA) is 112 Å². The van der Waals surface area contributed by atoms with E-state index in [-0.39, 0.29) is 5.88 Å². The Balaban J connectivity index is 1.86. The summed E-state index contributed by atoms with van der Waals surface area (Å²) in [6, 6.07) is 6.80. The number of unbranched alkanes of at least 4 members (excludes halogenated alkanes) is 1. The number of carbonyl (C=O) groups is 1. The standard InChI is InChI=1S/C15H19N3O3/c16-12(15(20)21)6-3-4-8-17-9-11-10-5-1-2-7-13(10)18-14(11)19/h1-2,5,7,9,12,18-19H,3-4,6,8,16H2,(H,20,21)/t12-/m0/s1. The minimum Gasteiger partial charge on any atom is -0.494 e. The van der Waals surface area contributed by atoms with Crippen LogP contribution in [0, 0.1) is 0 Å². The number of benzene rings is 1. The van der Waals surface area contributed by atoms with Crippen LogP contribution in [0.2, 0.25) is 0 Å². The number of para-hydroxylation sites is 1. The maximum absolute atomic E-state index is 10.6. The fourth-order valence-corrected chi connectivity index (χ4v) is 2.13. The largest absolute Gasteiger partial charge is 0.494 e. The molecule has 0 amide bonds. The number of hydrogen-bond donors (Lipinski definition) is 4. The zero-order valence-electron chi connectivity index (χ0n) is 11.6. The molecule has 0 saturated heterocycles. The van der Waals surface area contributed by atoms with Crippen LogP contribution in [0.5, 0.6) is 5.88 Å². The zero-order valence-corrected chi connectivity index (χ0v) is 11.6. The highest BCUT2D eigenvalue weighted by molar-refractivity contribution is 6.01. The Morgan fingerprint density at radius 2 is 2.14 bits per heavy atom. The van der Waals surface area contributed by atoms with Gasteiger partial charge in [-0.1, -0.05) is 18.2 Å². The molecule has 0 bridgehead atoms. The average Bonchev–Trinajstić information content (AvgIpc) is 2.78. The Bertz CT molecular complexity index is 649. The molecule has 2 aromatic rings. The van der Waals surface area contributed by atoms with Gasteiger partial charge in [0.1, 0.15) is 6.04 Å². The van der Waals surface area contributed by atoms with Crippen LogP contribution in [0.25, 0.3) is 10.9 Å². The van der Waals surface area contributed by atoms with Gasteiger partial charge in [-0.2, -0.15) is 0 Å². The van der Waals surface area contributed by atoms with Gasteiger partial charge < -0.3 is 20.9 Å². The molecule has 112 valence electrons. The van der Waals surface area contributed by atoms with Crippen molar-refractivity contribution in [2.75, 3.05) is 6.54 Å². The van der Waals surface area contributed by atoms with Crippen LogP contribution >= 0.6 is 0 Å². The predicted molar refractivity (Wildman–Crippen MR) is 81.9 cm³/mol. The van der Waals surface area contributed by atoms with Gasteiger partial charge in [0.05, 0.1) is 5.56 Å². The summed E-state index contributed by atoms with van der Waals surface area (Å²) in [7, 11) is 0. The minimum absolute atomic E-state index is 0.104. The molecule has 2 rings (SSSR count). The first kappa shape index (κ1) is 15.1. The minimum atomic E-state index is -0.970. The molecule has 1 aromatic carbocycles. The summed E-state index contributed by atoms with van der Waals surface area (Å²) in [6.45, 7) is 0.575. The third kappa shape index (κ3) is 3.82. The Kier molecular flexibility index (Phi) is 4.94. The zero-order chi connectivity index (χ0) is 15.2. The van der Waals surface area contributed by atoms with E-state index >= 15 is 0 Å². The molecule has 5 N–H and O–H groups in total. The molecule has 1 atom stereocenters. The molecule has 0 fully saturated rings.